The normalized spacial score (nSPS) is 14.8. The van der Waals surface area contributed by atoms with Crippen LogP contribution in [0.3, 0.4) is 0 Å². The van der Waals surface area contributed by atoms with Crippen molar-refractivity contribution in [2.24, 2.45) is 0 Å². The molecule has 8 nitrogen and oxygen atoms in total. The lowest BCUT2D eigenvalue weighted by Gasteiger charge is -2.28. The number of H-pyrrole nitrogens is 1. The summed E-state index contributed by atoms with van der Waals surface area (Å²) in [4.78, 5) is 14.7. The van der Waals surface area contributed by atoms with E-state index in [1.54, 1.807) is 13.0 Å². The number of hydrogen-bond donors (Lipinski definition) is 2. The van der Waals surface area contributed by atoms with Crippen LogP contribution in [0.1, 0.15) is 25.5 Å². The zero-order valence-electron chi connectivity index (χ0n) is 17.6. The summed E-state index contributed by atoms with van der Waals surface area (Å²) in [7, 11) is -3.34. The lowest BCUT2D eigenvalue weighted by Crippen LogP contribution is -2.37. The SMILES string of the molecule is CC(=N)CCCS(=O)(=O)Cc1cc(N2CCOCC2)nc(-c2ccc3[nH]ccc3c2)n1. The molecule has 0 spiro atoms. The van der Waals surface area contributed by atoms with E-state index in [9.17, 15) is 8.42 Å². The predicted octanol–water partition coefficient (Wildman–Crippen LogP) is 3.20. The Balaban J connectivity index is 1.66. The Morgan fingerprint density at radius 3 is 2.77 bits per heavy atom. The summed E-state index contributed by atoms with van der Waals surface area (Å²) in [6, 6.07) is 9.70. The molecule has 3 heterocycles. The van der Waals surface area contributed by atoms with Gasteiger partial charge in [0.15, 0.2) is 15.7 Å². The van der Waals surface area contributed by atoms with Crippen LogP contribution in [0.4, 0.5) is 5.82 Å². The first-order valence-electron chi connectivity index (χ1n) is 10.4. The van der Waals surface area contributed by atoms with Crippen molar-refractivity contribution >= 4 is 32.3 Å². The first-order chi connectivity index (χ1) is 14.9. The van der Waals surface area contributed by atoms with Crippen molar-refractivity contribution in [3.63, 3.8) is 0 Å². The number of ether oxygens (including phenoxy) is 1. The second-order valence-corrected chi connectivity index (χ2v) is 10.1. The van der Waals surface area contributed by atoms with Gasteiger partial charge in [-0.1, -0.05) is 0 Å². The number of aromatic amines is 1. The van der Waals surface area contributed by atoms with Crippen LogP contribution in [0.5, 0.6) is 0 Å². The summed E-state index contributed by atoms with van der Waals surface area (Å²) in [5.41, 5.74) is 2.86. The van der Waals surface area contributed by atoms with Crippen molar-refractivity contribution in [1.29, 1.82) is 5.41 Å². The van der Waals surface area contributed by atoms with Crippen LogP contribution in [0.15, 0.2) is 36.5 Å². The molecule has 0 radical (unpaired) electrons. The van der Waals surface area contributed by atoms with E-state index in [2.05, 4.69) is 14.9 Å². The summed E-state index contributed by atoms with van der Waals surface area (Å²) in [6.07, 6.45) is 2.83. The molecular weight excluding hydrogens is 414 g/mol. The van der Waals surface area contributed by atoms with E-state index in [1.165, 1.54) is 0 Å². The van der Waals surface area contributed by atoms with Gasteiger partial charge in [0, 0.05) is 47.5 Å². The van der Waals surface area contributed by atoms with Gasteiger partial charge in [0.1, 0.15) is 5.82 Å². The van der Waals surface area contributed by atoms with Gasteiger partial charge in [0.25, 0.3) is 0 Å². The highest BCUT2D eigenvalue weighted by atomic mass is 32.2. The first-order valence-corrected chi connectivity index (χ1v) is 12.2. The molecule has 0 unspecified atom stereocenters. The Bertz CT molecular complexity index is 1180. The fourth-order valence-electron chi connectivity index (χ4n) is 3.69. The highest BCUT2D eigenvalue weighted by Gasteiger charge is 2.19. The lowest BCUT2D eigenvalue weighted by atomic mass is 10.1. The maximum absolute atomic E-state index is 12.7. The second kappa shape index (κ2) is 9.15. The zero-order chi connectivity index (χ0) is 21.8. The third-order valence-corrected chi connectivity index (χ3v) is 6.93. The number of anilines is 1. The van der Waals surface area contributed by atoms with Gasteiger partial charge in [-0.2, -0.15) is 0 Å². The van der Waals surface area contributed by atoms with Crippen molar-refractivity contribution in [3.8, 4) is 11.4 Å². The topological polar surface area (TPSA) is 112 Å². The zero-order valence-corrected chi connectivity index (χ0v) is 18.4. The average Bonchev–Trinajstić information content (AvgIpc) is 3.21. The van der Waals surface area contributed by atoms with E-state index in [4.69, 9.17) is 15.1 Å². The highest BCUT2D eigenvalue weighted by Crippen LogP contribution is 2.25. The van der Waals surface area contributed by atoms with Gasteiger partial charge in [0.2, 0.25) is 0 Å². The molecule has 0 bridgehead atoms. The molecule has 1 fully saturated rings. The van der Waals surface area contributed by atoms with Crippen molar-refractivity contribution in [2.75, 3.05) is 37.0 Å². The average molecular weight is 442 g/mol. The van der Waals surface area contributed by atoms with Gasteiger partial charge >= 0.3 is 0 Å². The minimum Gasteiger partial charge on any atom is -0.378 e. The number of nitrogens with zero attached hydrogens (tertiary/aromatic N) is 3. The smallest absolute Gasteiger partial charge is 0.161 e. The number of benzene rings is 1. The molecule has 2 aromatic heterocycles. The Kier molecular flexibility index (Phi) is 6.33. The van der Waals surface area contributed by atoms with E-state index in [0.29, 0.717) is 56.4 Å². The van der Waals surface area contributed by atoms with E-state index in [0.717, 1.165) is 22.3 Å². The van der Waals surface area contributed by atoms with Gasteiger partial charge in [-0.25, -0.2) is 18.4 Å². The van der Waals surface area contributed by atoms with Crippen LogP contribution in [0.2, 0.25) is 0 Å². The van der Waals surface area contributed by atoms with E-state index in [1.807, 2.05) is 30.5 Å². The summed E-state index contributed by atoms with van der Waals surface area (Å²) in [6.45, 7) is 4.34. The van der Waals surface area contributed by atoms with Gasteiger partial charge in [0.05, 0.1) is 30.4 Å². The molecule has 0 aliphatic carbocycles. The number of nitrogens with one attached hydrogen (secondary N) is 2. The van der Waals surface area contributed by atoms with E-state index < -0.39 is 9.84 Å². The number of fused-ring (bicyclic) bond motifs is 1. The molecule has 4 rings (SSSR count). The standard InChI is InChI=1S/C22H27N5O3S/c1-16(23)3-2-12-31(28,29)15-19-14-21(27-8-10-30-11-9-27)26-22(25-19)18-4-5-20-17(13-18)6-7-24-20/h4-7,13-14,23-24H,2-3,8-12,15H2,1H3. The molecule has 0 saturated carbocycles. The second-order valence-electron chi connectivity index (χ2n) is 7.90. The van der Waals surface area contributed by atoms with E-state index >= 15 is 0 Å². The summed E-state index contributed by atoms with van der Waals surface area (Å²) in [5.74, 6) is 1.16. The van der Waals surface area contributed by atoms with Crippen LogP contribution < -0.4 is 4.90 Å². The monoisotopic (exact) mass is 441 g/mol. The number of hydrogen-bond acceptors (Lipinski definition) is 7. The molecule has 2 N–H and O–H groups in total. The molecule has 31 heavy (non-hydrogen) atoms. The molecule has 1 aliphatic heterocycles. The summed E-state index contributed by atoms with van der Waals surface area (Å²) >= 11 is 0. The highest BCUT2D eigenvalue weighted by molar-refractivity contribution is 7.90. The molecule has 164 valence electrons. The Labute approximate surface area is 182 Å². The Morgan fingerprint density at radius 2 is 2.00 bits per heavy atom. The number of rotatable bonds is 8. The minimum atomic E-state index is -3.34. The van der Waals surface area contributed by atoms with Gasteiger partial charge in [-0.15, -0.1) is 0 Å². The molecule has 0 amide bonds. The van der Waals surface area contributed by atoms with E-state index in [-0.39, 0.29) is 11.5 Å². The number of sulfone groups is 1. The quantitative estimate of drug-likeness (QED) is 0.519. The molecule has 1 saturated heterocycles. The van der Waals surface area contributed by atoms with Crippen LogP contribution in [-0.2, 0) is 20.3 Å². The molecule has 0 atom stereocenters. The number of morpholine rings is 1. The third-order valence-electron chi connectivity index (χ3n) is 5.29. The minimum absolute atomic E-state index is 0.0464. The molecule has 1 aliphatic rings. The fourth-order valence-corrected chi connectivity index (χ4v) is 5.01. The number of aromatic nitrogens is 3. The lowest BCUT2D eigenvalue weighted by molar-refractivity contribution is 0.122. The summed E-state index contributed by atoms with van der Waals surface area (Å²) in [5, 5.41) is 8.55. The Morgan fingerprint density at radius 1 is 1.19 bits per heavy atom. The summed E-state index contributed by atoms with van der Waals surface area (Å²) < 4.78 is 30.8. The van der Waals surface area contributed by atoms with Crippen LogP contribution >= 0.6 is 0 Å². The largest absolute Gasteiger partial charge is 0.378 e. The van der Waals surface area contributed by atoms with Crippen molar-refractivity contribution < 1.29 is 13.2 Å². The van der Waals surface area contributed by atoms with Crippen LogP contribution in [0, 0.1) is 5.41 Å². The van der Waals surface area contributed by atoms with Crippen LogP contribution in [-0.4, -0.2) is 61.1 Å². The van der Waals surface area contributed by atoms with Gasteiger partial charge in [-0.05, 0) is 44.0 Å². The Hall–Kier alpha value is -2.78. The molecule has 1 aromatic carbocycles. The molecular formula is C22H27N5O3S. The molecule has 9 heteroatoms. The van der Waals surface area contributed by atoms with Crippen molar-refractivity contribution in [2.45, 2.75) is 25.5 Å². The van der Waals surface area contributed by atoms with Crippen LogP contribution in [0.25, 0.3) is 22.3 Å². The molecule has 3 aromatic rings. The predicted molar refractivity (Wildman–Crippen MR) is 122 cm³/mol. The van der Waals surface area contributed by atoms with Crippen molar-refractivity contribution in [3.05, 3.63) is 42.2 Å². The van der Waals surface area contributed by atoms with Gasteiger partial charge in [-0.3, -0.25) is 0 Å². The van der Waals surface area contributed by atoms with Gasteiger partial charge < -0.3 is 20.0 Å². The third kappa shape index (κ3) is 5.48. The fraction of sp³-hybridized carbons (Fsp3) is 0.409. The van der Waals surface area contributed by atoms with Crippen molar-refractivity contribution in [1.82, 2.24) is 15.0 Å². The maximum atomic E-state index is 12.7. The maximum Gasteiger partial charge on any atom is 0.161 e. The first kappa shape index (κ1) is 21.5.